The Morgan fingerprint density at radius 1 is 1.13 bits per heavy atom. The first kappa shape index (κ1) is 8.62. The van der Waals surface area contributed by atoms with Crippen LogP contribution in [0.2, 0.25) is 0 Å². The minimum atomic E-state index is 1.16. The number of benzene rings is 1. The van der Waals surface area contributed by atoms with E-state index in [2.05, 4.69) is 35.3 Å². The summed E-state index contributed by atoms with van der Waals surface area (Å²) in [6.45, 7) is 0. The molecule has 0 saturated carbocycles. The Labute approximate surface area is 92.0 Å². The molecule has 0 amide bonds. The summed E-state index contributed by atoms with van der Waals surface area (Å²) in [4.78, 5) is 4.12. The lowest BCUT2D eigenvalue weighted by atomic mass is 10.1. The zero-order valence-electron chi connectivity index (χ0n) is 7.97. The van der Waals surface area contributed by atoms with Gasteiger partial charge in [-0.2, -0.15) is 0 Å². The second-order valence-electron chi connectivity index (χ2n) is 3.33. The van der Waals surface area contributed by atoms with Crippen LogP contribution in [-0.2, 0) is 0 Å². The zero-order chi connectivity index (χ0) is 10.1. The van der Waals surface area contributed by atoms with Crippen molar-refractivity contribution in [2.45, 2.75) is 0 Å². The van der Waals surface area contributed by atoms with Gasteiger partial charge in [0, 0.05) is 34.1 Å². The lowest BCUT2D eigenvalue weighted by molar-refractivity contribution is 1.33. The van der Waals surface area contributed by atoms with Gasteiger partial charge in [-0.05, 0) is 23.1 Å². The molecule has 0 aliphatic carbocycles. The number of hydrogen-bond acceptors (Lipinski definition) is 2. The third-order valence-corrected chi connectivity index (χ3v) is 3.20. The lowest BCUT2D eigenvalue weighted by Gasteiger charge is -2.00. The first-order valence-electron chi connectivity index (χ1n) is 4.73. The number of pyridine rings is 1. The van der Waals surface area contributed by atoms with Gasteiger partial charge in [-0.15, -0.1) is 11.3 Å². The first-order valence-corrected chi connectivity index (χ1v) is 5.61. The highest BCUT2D eigenvalue weighted by atomic mass is 32.1. The van der Waals surface area contributed by atoms with Gasteiger partial charge < -0.3 is 0 Å². The van der Waals surface area contributed by atoms with E-state index in [1.165, 1.54) is 15.6 Å². The van der Waals surface area contributed by atoms with Gasteiger partial charge >= 0.3 is 0 Å². The van der Waals surface area contributed by atoms with Gasteiger partial charge in [-0.25, -0.2) is 0 Å². The second-order valence-corrected chi connectivity index (χ2v) is 4.24. The predicted molar refractivity (Wildman–Crippen MR) is 63.9 cm³/mol. The van der Waals surface area contributed by atoms with Crippen molar-refractivity contribution < 1.29 is 0 Å². The molecule has 0 aliphatic heterocycles. The highest BCUT2D eigenvalue weighted by Crippen LogP contribution is 2.26. The normalized spacial score (nSPS) is 10.7. The van der Waals surface area contributed by atoms with E-state index in [0.717, 1.165) is 5.56 Å². The zero-order valence-corrected chi connectivity index (χ0v) is 8.79. The van der Waals surface area contributed by atoms with E-state index in [-0.39, 0.29) is 0 Å². The van der Waals surface area contributed by atoms with Gasteiger partial charge in [0.05, 0.1) is 0 Å². The molecule has 2 aromatic heterocycles. The summed E-state index contributed by atoms with van der Waals surface area (Å²) >= 11 is 1.72. The Bertz CT molecular complexity index is 584. The maximum absolute atomic E-state index is 4.12. The van der Waals surface area contributed by atoms with E-state index in [1.807, 2.05) is 17.6 Å². The molecule has 1 radical (unpaired) electrons. The van der Waals surface area contributed by atoms with Crippen LogP contribution in [0.25, 0.3) is 21.2 Å². The van der Waals surface area contributed by atoms with Crippen LogP contribution < -0.4 is 0 Å². The SMILES string of the molecule is [c]1csc2cc(-c3cccnc3)ccc12. The Hall–Kier alpha value is -1.67. The first-order chi connectivity index (χ1) is 7.43. The fourth-order valence-electron chi connectivity index (χ4n) is 1.61. The van der Waals surface area contributed by atoms with Crippen LogP contribution in [0.15, 0.2) is 48.1 Å². The molecule has 0 spiro atoms. The maximum Gasteiger partial charge on any atom is 0.0355 e. The van der Waals surface area contributed by atoms with Crippen molar-refractivity contribution >= 4 is 21.4 Å². The van der Waals surface area contributed by atoms with E-state index >= 15 is 0 Å². The molecule has 2 heteroatoms. The van der Waals surface area contributed by atoms with Crippen molar-refractivity contribution in [3.8, 4) is 11.1 Å². The van der Waals surface area contributed by atoms with Gasteiger partial charge in [0.1, 0.15) is 0 Å². The molecule has 0 unspecified atom stereocenters. The van der Waals surface area contributed by atoms with Crippen LogP contribution in [0, 0.1) is 6.07 Å². The molecule has 3 aromatic rings. The fraction of sp³-hybridized carbons (Fsp3) is 0. The highest BCUT2D eigenvalue weighted by Gasteiger charge is 1.99. The summed E-state index contributed by atoms with van der Waals surface area (Å²) in [5.74, 6) is 0. The number of aromatic nitrogens is 1. The number of thiophene rings is 1. The van der Waals surface area contributed by atoms with Crippen molar-refractivity contribution in [2.24, 2.45) is 0 Å². The van der Waals surface area contributed by atoms with Crippen LogP contribution in [0.4, 0.5) is 0 Å². The monoisotopic (exact) mass is 210 g/mol. The molecule has 0 saturated heterocycles. The summed E-state index contributed by atoms with van der Waals surface area (Å²) in [7, 11) is 0. The number of hydrogen-bond donors (Lipinski definition) is 0. The second kappa shape index (κ2) is 3.48. The molecule has 0 N–H and O–H groups in total. The summed E-state index contributed by atoms with van der Waals surface area (Å²) in [6, 6.07) is 13.6. The molecule has 0 bridgehead atoms. The van der Waals surface area contributed by atoms with E-state index in [1.54, 1.807) is 17.5 Å². The predicted octanol–water partition coefficient (Wildman–Crippen LogP) is 3.76. The average Bonchev–Trinajstić information content (AvgIpc) is 2.77. The molecule has 1 aromatic carbocycles. The van der Waals surface area contributed by atoms with Crippen molar-refractivity contribution in [1.29, 1.82) is 0 Å². The molecular formula is C13H8NS. The van der Waals surface area contributed by atoms with Crippen LogP contribution >= 0.6 is 11.3 Å². The van der Waals surface area contributed by atoms with E-state index in [0.29, 0.717) is 0 Å². The van der Waals surface area contributed by atoms with Gasteiger partial charge in [0.25, 0.3) is 0 Å². The molecule has 71 valence electrons. The average molecular weight is 210 g/mol. The molecular weight excluding hydrogens is 202 g/mol. The van der Waals surface area contributed by atoms with Crippen LogP contribution in [0.3, 0.4) is 0 Å². The van der Waals surface area contributed by atoms with Crippen molar-refractivity contribution in [3.63, 3.8) is 0 Å². The largest absolute Gasteiger partial charge is 0.264 e. The van der Waals surface area contributed by atoms with Crippen molar-refractivity contribution in [2.75, 3.05) is 0 Å². The molecule has 0 atom stereocenters. The van der Waals surface area contributed by atoms with Gasteiger partial charge in [0.15, 0.2) is 0 Å². The molecule has 2 heterocycles. The Kier molecular flexibility index (Phi) is 2.00. The number of fused-ring (bicyclic) bond motifs is 1. The van der Waals surface area contributed by atoms with E-state index < -0.39 is 0 Å². The number of rotatable bonds is 1. The standard InChI is InChI=1S/C13H8NS/c1-2-12(9-14-6-1)11-4-3-10-5-7-15-13(10)8-11/h1-4,6-9H. The Balaban J connectivity index is 2.19. The van der Waals surface area contributed by atoms with Gasteiger partial charge in [0.2, 0.25) is 0 Å². The lowest BCUT2D eigenvalue weighted by Crippen LogP contribution is -1.77. The smallest absolute Gasteiger partial charge is 0.0355 e. The molecule has 1 nitrogen and oxygen atoms in total. The molecule has 3 rings (SSSR count). The molecule has 15 heavy (non-hydrogen) atoms. The highest BCUT2D eigenvalue weighted by molar-refractivity contribution is 7.17. The summed E-state index contributed by atoms with van der Waals surface area (Å²) in [5.41, 5.74) is 2.37. The van der Waals surface area contributed by atoms with Crippen LogP contribution in [0.5, 0.6) is 0 Å². The summed E-state index contributed by atoms with van der Waals surface area (Å²) in [5, 5.41) is 3.19. The molecule has 0 fully saturated rings. The van der Waals surface area contributed by atoms with Gasteiger partial charge in [-0.1, -0.05) is 18.2 Å². The van der Waals surface area contributed by atoms with E-state index in [4.69, 9.17) is 0 Å². The Morgan fingerprint density at radius 2 is 2.13 bits per heavy atom. The maximum atomic E-state index is 4.12. The topological polar surface area (TPSA) is 12.9 Å². The van der Waals surface area contributed by atoms with E-state index in [9.17, 15) is 0 Å². The minimum Gasteiger partial charge on any atom is -0.264 e. The van der Waals surface area contributed by atoms with Gasteiger partial charge in [-0.3, -0.25) is 4.98 Å². The van der Waals surface area contributed by atoms with Crippen molar-refractivity contribution in [1.82, 2.24) is 4.98 Å². The van der Waals surface area contributed by atoms with Crippen LogP contribution in [-0.4, -0.2) is 4.98 Å². The summed E-state index contributed by atoms with van der Waals surface area (Å²) in [6.07, 6.45) is 3.68. The summed E-state index contributed by atoms with van der Waals surface area (Å²) < 4.78 is 1.27. The van der Waals surface area contributed by atoms with Crippen molar-refractivity contribution in [3.05, 3.63) is 54.2 Å². The third-order valence-electron chi connectivity index (χ3n) is 2.38. The Morgan fingerprint density at radius 3 is 3.00 bits per heavy atom. The van der Waals surface area contributed by atoms with Crippen LogP contribution in [0.1, 0.15) is 0 Å². The molecule has 0 aliphatic rings. The third kappa shape index (κ3) is 1.53. The minimum absolute atomic E-state index is 1.16. The quantitative estimate of drug-likeness (QED) is 0.596. The fourth-order valence-corrected chi connectivity index (χ4v) is 2.37. The number of nitrogens with zero attached hydrogens (tertiary/aromatic N) is 1.